The van der Waals surface area contributed by atoms with Crippen molar-refractivity contribution < 1.29 is 9.90 Å². The van der Waals surface area contributed by atoms with Crippen LogP contribution in [0.15, 0.2) is 54.9 Å². The smallest absolute Gasteiger partial charge is 0.322 e. The number of anilines is 1. The number of piperidine rings is 1. The quantitative estimate of drug-likeness (QED) is 0.892. The first-order chi connectivity index (χ1) is 11.7. The summed E-state index contributed by atoms with van der Waals surface area (Å²) in [5.74, 6) is 0. The minimum absolute atomic E-state index is 0.0673. The number of aliphatic hydroxyl groups is 1. The van der Waals surface area contributed by atoms with E-state index in [2.05, 4.69) is 10.3 Å². The van der Waals surface area contributed by atoms with Gasteiger partial charge in [-0.1, -0.05) is 24.3 Å². The molecule has 0 spiro atoms. The number of aromatic nitrogens is 1. The second-order valence-electron chi connectivity index (χ2n) is 6.77. The molecule has 2 N–H and O–H groups in total. The van der Waals surface area contributed by atoms with Crippen LogP contribution in [0.3, 0.4) is 0 Å². The molecule has 5 nitrogen and oxygen atoms in total. The molecule has 3 heterocycles. The molecular weight excluding hydrogens is 302 g/mol. The fraction of sp³-hybridized carbons (Fsp3) is 0.368. The Morgan fingerprint density at radius 3 is 2.46 bits per heavy atom. The zero-order valence-corrected chi connectivity index (χ0v) is 13.4. The van der Waals surface area contributed by atoms with E-state index < -0.39 is 5.60 Å². The highest BCUT2D eigenvalue weighted by molar-refractivity contribution is 5.90. The molecule has 5 heteroatoms. The standard InChI is InChI=1S/C19H21N3O2/c23-18(21-15-6-2-1-3-7-15)22-16-8-9-17(22)12-19(24,11-16)14-5-4-10-20-13-14/h1-7,10,13,16-17,24H,8-9,11-12H2,(H,21,23)/t16-,17+,19?. The number of hydrogen-bond acceptors (Lipinski definition) is 3. The Morgan fingerprint density at radius 2 is 1.83 bits per heavy atom. The molecule has 2 aliphatic rings. The summed E-state index contributed by atoms with van der Waals surface area (Å²) >= 11 is 0. The lowest BCUT2D eigenvalue weighted by Crippen LogP contribution is -2.53. The molecule has 4 rings (SSSR count). The van der Waals surface area contributed by atoms with E-state index >= 15 is 0 Å². The number of para-hydroxylation sites is 1. The average molecular weight is 323 g/mol. The molecule has 1 unspecified atom stereocenters. The van der Waals surface area contributed by atoms with Gasteiger partial charge in [-0.05, 0) is 31.0 Å². The SMILES string of the molecule is O=C(Nc1ccccc1)N1[C@@H]2CC[C@H]1CC(O)(c1cccnc1)C2. The van der Waals surface area contributed by atoms with Crippen LogP contribution in [0.2, 0.25) is 0 Å². The Morgan fingerprint density at radius 1 is 1.12 bits per heavy atom. The Hall–Kier alpha value is -2.40. The van der Waals surface area contributed by atoms with Crippen molar-refractivity contribution in [2.45, 2.75) is 43.4 Å². The van der Waals surface area contributed by atoms with Crippen LogP contribution >= 0.6 is 0 Å². The van der Waals surface area contributed by atoms with Gasteiger partial charge in [0.2, 0.25) is 0 Å². The van der Waals surface area contributed by atoms with Gasteiger partial charge < -0.3 is 15.3 Å². The number of fused-ring (bicyclic) bond motifs is 2. The minimum atomic E-state index is -0.885. The highest BCUT2D eigenvalue weighted by Crippen LogP contribution is 2.45. The van der Waals surface area contributed by atoms with E-state index in [4.69, 9.17) is 0 Å². The summed E-state index contributed by atoms with van der Waals surface area (Å²) in [5, 5.41) is 14.1. The molecule has 124 valence electrons. The second kappa shape index (κ2) is 5.91. The predicted molar refractivity (Wildman–Crippen MR) is 91.5 cm³/mol. The molecule has 0 radical (unpaired) electrons. The molecular formula is C19H21N3O2. The van der Waals surface area contributed by atoms with Gasteiger partial charge in [0.05, 0.1) is 5.60 Å². The zero-order chi connectivity index (χ0) is 16.6. The summed E-state index contributed by atoms with van der Waals surface area (Å²) in [7, 11) is 0. The lowest BCUT2D eigenvalue weighted by atomic mass is 9.81. The minimum Gasteiger partial charge on any atom is -0.385 e. The van der Waals surface area contributed by atoms with E-state index in [9.17, 15) is 9.90 Å². The van der Waals surface area contributed by atoms with E-state index in [0.29, 0.717) is 12.8 Å². The van der Waals surface area contributed by atoms with Gasteiger partial charge in [0, 0.05) is 48.6 Å². The lowest BCUT2D eigenvalue weighted by Gasteiger charge is -2.43. The van der Waals surface area contributed by atoms with Gasteiger partial charge in [-0.2, -0.15) is 0 Å². The number of rotatable bonds is 2. The molecule has 1 aromatic heterocycles. The number of benzene rings is 1. The van der Waals surface area contributed by atoms with Gasteiger partial charge in [0.25, 0.3) is 0 Å². The predicted octanol–water partition coefficient (Wildman–Crippen LogP) is 3.13. The molecule has 2 saturated heterocycles. The van der Waals surface area contributed by atoms with Gasteiger partial charge in [-0.25, -0.2) is 4.79 Å². The number of hydrogen-bond donors (Lipinski definition) is 2. The summed E-state index contributed by atoms with van der Waals surface area (Å²) in [6, 6.07) is 13.3. The molecule has 2 fully saturated rings. The van der Waals surface area contributed by atoms with E-state index in [1.165, 1.54) is 0 Å². The summed E-state index contributed by atoms with van der Waals surface area (Å²) in [6.45, 7) is 0. The fourth-order valence-electron chi connectivity index (χ4n) is 4.14. The molecule has 0 aliphatic carbocycles. The van der Waals surface area contributed by atoms with Crippen molar-refractivity contribution in [1.29, 1.82) is 0 Å². The summed E-state index contributed by atoms with van der Waals surface area (Å²) < 4.78 is 0. The number of urea groups is 1. The van der Waals surface area contributed by atoms with E-state index in [0.717, 1.165) is 24.1 Å². The molecule has 0 saturated carbocycles. The van der Waals surface area contributed by atoms with Crippen LogP contribution in [-0.2, 0) is 5.60 Å². The summed E-state index contributed by atoms with van der Waals surface area (Å²) in [4.78, 5) is 18.8. The van der Waals surface area contributed by atoms with E-state index in [1.807, 2.05) is 47.4 Å². The molecule has 3 atom stereocenters. The molecule has 2 amide bonds. The number of carbonyl (C=O) groups excluding carboxylic acids is 1. The van der Waals surface area contributed by atoms with Crippen molar-refractivity contribution in [3.8, 4) is 0 Å². The molecule has 2 bridgehead atoms. The maximum Gasteiger partial charge on any atom is 0.322 e. The first-order valence-electron chi connectivity index (χ1n) is 8.43. The Labute approximate surface area is 141 Å². The Bertz CT molecular complexity index is 706. The third-order valence-corrected chi connectivity index (χ3v) is 5.22. The van der Waals surface area contributed by atoms with Gasteiger partial charge in [0.15, 0.2) is 0 Å². The third kappa shape index (κ3) is 2.65. The fourth-order valence-corrected chi connectivity index (χ4v) is 4.14. The number of amides is 2. The largest absolute Gasteiger partial charge is 0.385 e. The average Bonchev–Trinajstić information content (AvgIpc) is 2.89. The maximum absolute atomic E-state index is 12.7. The lowest BCUT2D eigenvalue weighted by molar-refractivity contribution is -0.0424. The van der Waals surface area contributed by atoms with Crippen LogP contribution < -0.4 is 5.32 Å². The first kappa shape index (κ1) is 15.1. The first-order valence-corrected chi connectivity index (χ1v) is 8.43. The third-order valence-electron chi connectivity index (χ3n) is 5.22. The number of nitrogens with one attached hydrogen (secondary N) is 1. The second-order valence-corrected chi connectivity index (χ2v) is 6.77. The van der Waals surface area contributed by atoms with Crippen molar-refractivity contribution >= 4 is 11.7 Å². The number of carbonyl (C=O) groups is 1. The van der Waals surface area contributed by atoms with Crippen molar-refractivity contribution in [3.63, 3.8) is 0 Å². The highest BCUT2D eigenvalue weighted by atomic mass is 16.3. The van der Waals surface area contributed by atoms with Crippen LogP contribution in [0, 0.1) is 0 Å². The summed E-state index contributed by atoms with van der Waals surface area (Å²) in [6.07, 6.45) is 6.46. The van der Waals surface area contributed by atoms with Crippen molar-refractivity contribution in [3.05, 3.63) is 60.4 Å². The molecule has 1 aromatic carbocycles. The van der Waals surface area contributed by atoms with Crippen LogP contribution in [-0.4, -0.2) is 33.1 Å². The summed E-state index contributed by atoms with van der Waals surface area (Å²) in [5.41, 5.74) is 0.767. The number of pyridine rings is 1. The van der Waals surface area contributed by atoms with Gasteiger partial charge in [0.1, 0.15) is 0 Å². The van der Waals surface area contributed by atoms with E-state index in [-0.39, 0.29) is 18.1 Å². The molecule has 2 aromatic rings. The van der Waals surface area contributed by atoms with Crippen LogP contribution in [0.4, 0.5) is 10.5 Å². The van der Waals surface area contributed by atoms with Crippen LogP contribution in [0.1, 0.15) is 31.2 Å². The number of nitrogens with zero attached hydrogens (tertiary/aromatic N) is 2. The van der Waals surface area contributed by atoms with Crippen LogP contribution in [0.25, 0.3) is 0 Å². The van der Waals surface area contributed by atoms with Gasteiger partial charge in [-0.3, -0.25) is 4.98 Å². The van der Waals surface area contributed by atoms with Crippen molar-refractivity contribution in [2.24, 2.45) is 0 Å². The highest BCUT2D eigenvalue weighted by Gasteiger charge is 2.50. The van der Waals surface area contributed by atoms with Crippen molar-refractivity contribution in [2.75, 3.05) is 5.32 Å². The van der Waals surface area contributed by atoms with Crippen LogP contribution in [0.5, 0.6) is 0 Å². The van der Waals surface area contributed by atoms with Gasteiger partial charge >= 0.3 is 6.03 Å². The maximum atomic E-state index is 12.7. The van der Waals surface area contributed by atoms with Gasteiger partial charge in [-0.15, -0.1) is 0 Å². The topological polar surface area (TPSA) is 65.5 Å². The molecule has 2 aliphatic heterocycles. The monoisotopic (exact) mass is 323 g/mol. The Balaban J connectivity index is 1.52. The normalized spacial score (nSPS) is 28.6. The zero-order valence-electron chi connectivity index (χ0n) is 13.4. The Kier molecular flexibility index (Phi) is 3.73. The van der Waals surface area contributed by atoms with E-state index in [1.54, 1.807) is 12.4 Å². The molecule has 24 heavy (non-hydrogen) atoms. The van der Waals surface area contributed by atoms with Crippen molar-refractivity contribution in [1.82, 2.24) is 9.88 Å².